The first-order valence-corrected chi connectivity index (χ1v) is 7.67. The van der Waals surface area contributed by atoms with E-state index < -0.39 is 5.97 Å². The SMILES string of the molecule is CC(=O)O.COc1cc[c]([Pd][c]2ccc(OC)cc2)cc1. The van der Waals surface area contributed by atoms with E-state index in [0.717, 1.165) is 18.4 Å². The van der Waals surface area contributed by atoms with Crippen LogP contribution in [0.3, 0.4) is 0 Å². The van der Waals surface area contributed by atoms with E-state index in [1.165, 1.54) is 8.07 Å². The van der Waals surface area contributed by atoms with Crippen molar-refractivity contribution >= 4 is 14.0 Å². The summed E-state index contributed by atoms with van der Waals surface area (Å²) in [7, 11) is 3.37. The van der Waals surface area contributed by atoms with E-state index >= 15 is 0 Å². The minimum absolute atomic E-state index is 0.450. The summed E-state index contributed by atoms with van der Waals surface area (Å²) in [5.74, 6) is 0.967. The monoisotopic (exact) mass is 380 g/mol. The van der Waals surface area contributed by atoms with Gasteiger partial charge in [-0.05, 0) is 0 Å². The van der Waals surface area contributed by atoms with Crippen molar-refractivity contribution in [1.29, 1.82) is 0 Å². The molecule has 0 heterocycles. The second kappa shape index (κ2) is 9.17. The van der Waals surface area contributed by atoms with Gasteiger partial charge in [0.2, 0.25) is 0 Å². The minimum atomic E-state index is -0.833. The molecule has 0 bridgehead atoms. The van der Waals surface area contributed by atoms with Gasteiger partial charge in [-0.15, -0.1) is 0 Å². The summed E-state index contributed by atoms with van der Waals surface area (Å²) in [6.07, 6.45) is 0. The van der Waals surface area contributed by atoms with E-state index in [-0.39, 0.29) is 0 Å². The maximum absolute atomic E-state index is 9.00. The Balaban J connectivity index is 0.000000491. The average Bonchev–Trinajstić information content (AvgIpc) is 2.48. The van der Waals surface area contributed by atoms with Crippen LogP contribution >= 0.6 is 0 Å². The Morgan fingerprint density at radius 3 is 1.38 bits per heavy atom. The number of hydrogen-bond donors (Lipinski definition) is 1. The molecule has 2 aromatic rings. The molecule has 0 saturated heterocycles. The molecule has 0 radical (unpaired) electrons. The van der Waals surface area contributed by atoms with E-state index in [1.807, 2.05) is 24.3 Å². The first-order valence-electron chi connectivity index (χ1n) is 6.11. The molecule has 1 N–H and O–H groups in total. The zero-order valence-electron chi connectivity index (χ0n) is 12.1. The van der Waals surface area contributed by atoms with Gasteiger partial charge < -0.3 is 5.11 Å². The van der Waals surface area contributed by atoms with Crippen molar-refractivity contribution in [3.05, 3.63) is 48.5 Å². The third-order valence-corrected chi connectivity index (χ3v) is 4.17. The van der Waals surface area contributed by atoms with Gasteiger partial charge in [0.25, 0.3) is 5.97 Å². The fourth-order valence-corrected chi connectivity index (χ4v) is 2.89. The summed E-state index contributed by atoms with van der Waals surface area (Å²) >= 11 is 0.450. The van der Waals surface area contributed by atoms with Crippen LogP contribution in [0.15, 0.2) is 48.5 Å². The van der Waals surface area contributed by atoms with Crippen LogP contribution < -0.4 is 17.5 Å². The van der Waals surface area contributed by atoms with Gasteiger partial charge >= 0.3 is 110 Å². The summed E-state index contributed by atoms with van der Waals surface area (Å²) in [5.41, 5.74) is 0. The van der Waals surface area contributed by atoms with Crippen molar-refractivity contribution in [2.45, 2.75) is 6.92 Å². The molecule has 0 aliphatic heterocycles. The zero-order valence-corrected chi connectivity index (χ0v) is 13.7. The molecule has 2 rings (SSSR count). The van der Waals surface area contributed by atoms with E-state index in [2.05, 4.69) is 24.3 Å². The first-order chi connectivity index (χ1) is 10.0. The van der Waals surface area contributed by atoms with Crippen LogP contribution in [0.25, 0.3) is 0 Å². The summed E-state index contributed by atoms with van der Waals surface area (Å²) in [4.78, 5) is 9.00. The Morgan fingerprint density at radius 1 is 0.857 bits per heavy atom. The Hall–Kier alpha value is -1.83. The van der Waals surface area contributed by atoms with Crippen LogP contribution in [0.2, 0.25) is 0 Å². The van der Waals surface area contributed by atoms with Gasteiger partial charge in [0.1, 0.15) is 0 Å². The Morgan fingerprint density at radius 2 is 1.14 bits per heavy atom. The standard InChI is InChI=1S/2C7H7O.C2H4O2.Pd/c2*1-8-7-5-3-2-4-6-7;1-2(3)4;/h2*3-6H,1H3;1H3,(H,3,4);. The second-order valence-electron chi connectivity index (χ2n) is 3.84. The van der Waals surface area contributed by atoms with Crippen LogP contribution in [-0.4, -0.2) is 25.3 Å². The summed E-state index contributed by atoms with van der Waals surface area (Å²) in [6.45, 7) is 1.08. The van der Waals surface area contributed by atoms with Gasteiger partial charge in [0, 0.05) is 6.92 Å². The fourth-order valence-electron chi connectivity index (χ4n) is 1.33. The summed E-state index contributed by atoms with van der Waals surface area (Å²) in [5, 5.41) is 7.42. The normalized spacial score (nSPS) is 9.48. The molecule has 2 aromatic carbocycles. The number of carboxylic acids is 1. The van der Waals surface area contributed by atoms with E-state index in [1.54, 1.807) is 14.2 Å². The Bertz CT molecular complexity index is 500. The Kier molecular flexibility index (Phi) is 7.52. The van der Waals surface area contributed by atoms with E-state index in [9.17, 15) is 0 Å². The molecule has 0 amide bonds. The third-order valence-electron chi connectivity index (χ3n) is 2.24. The zero-order chi connectivity index (χ0) is 15.7. The van der Waals surface area contributed by atoms with Gasteiger partial charge in [-0.3, -0.25) is 4.79 Å². The molecule has 0 atom stereocenters. The van der Waals surface area contributed by atoms with E-state index in [0.29, 0.717) is 18.0 Å². The molecular formula is C16H18O4Pd. The predicted molar refractivity (Wildman–Crippen MR) is 78.6 cm³/mol. The van der Waals surface area contributed by atoms with Gasteiger partial charge in [0.05, 0.1) is 0 Å². The van der Waals surface area contributed by atoms with Crippen molar-refractivity contribution < 1.29 is 37.4 Å². The second-order valence-corrected chi connectivity index (χ2v) is 6.03. The fraction of sp³-hybridized carbons (Fsp3) is 0.188. The van der Waals surface area contributed by atoms with Crippen LogP contribution in [-0.2, 0) is 22.8 Å². The summed E-state index contributed by atoms with van der Waals surface area (Å²) in [6, 6.07) is 16.4. The number of hydrogen-bond acceptors (Lipinski definition) is 3. The number of carboxylic acid groups (broad SMARTS) is 1. The van der Waals surface area contributed by atoms with E-state index in [4.69, 9.17) is 19.4 Å². The van der Waals surface area contributed by atoms with Crippen molar-refractivity contribution in [1.82, 2.24) is 0 Å². The quantitative estimate of drug-likeness (QED) is 0.822. The molecule has 4 nitrogen and oxygen atoms in total. The molecule has 0 spiro atoms. The molecule has 0 aliphatic carbocycles. The molecule has 116 valence electrons. The van der Waals surface area contributed by atoms with Crippen molar-refractivity contribution in [3.8, 4) is 11.5 Å². The number of benzene rings is 2. The van der Waals surface area contributed by atoms with Crippen molar-refractivity contribution in [3.63, 3.8) is 0 Å². The molecule has 0 aliphatic rings. The molecular weight excluding hydrogens is 363 g/mol. The molecule has 21 heavy (non-hydrogen) atoms. The van der Waals surface area contributed by atoms with Crippen molar-refractivity contribution in [2.75, 3.05) is 14.2 Å². The maximum atomic E-state index is 9.00. The van der Waals surface area contributed by atoms with Crippen LogP contribution in [0.1, 0.15) is 6.92 Å². The topological polar surface area (TPSA) is 55.8 Å². The number of ether oxygens (including phenoxy) is 2. The van der Waals surface area contributed by atoms with Crippen LogP contribution in [0.4, 0.5) is 0 Å². The molecule has 0 saturated carbocycles. The van der Waals surface area contributed by atoms with Gasteiger partial charge in [0.15, 0.2) is 0 Å². The number of methoxy groups -OCH3 is 2. The Labute approximate surface area is 132 Å². The van der Waals surface area contributed by atoms with Gasteiger partial charge in [-0.2, -0.15) is 0 Å². The van der Waals surface area contributed by atoms with Crippen LogP contribution in [0, 0.1) is 0 Å². The van der Waals surface area contributed by atoms with Crippen LogP contribution in [0.5, 0.6) is 11.5 Å². The molecule has 0 fully saturated rings. The number of aliphatic carboxylic acids is 1. The van der Waals surface area contributed by atoms with Crippen molar-refractivity contribution in [2.24, 2.45) is 0 Å². The number of rotatable bonds is 4. The number of carbonyl (C=O) groups is 1. The van der Waals surface area contributed by atoms with Gasteiger partial charge in [-0.1, -0.05) is 0 Å². The molecule has 0 unspecified atom stereocenters. The summed E-state index contributed by atoms with van der Waals surface area (Å²) < 4.78 is 12.9. The average molecular weight is 381 g/mol. The first kappa shape index (κ1) is 17.2. The third kappa shape index (κ3) is 6.94. The molecule has 5 heteroatoms. The predicted octanol–water partition coefficient (Wildman–Crippen LogP) is 1.83. The van der Waals surface area contributed by atoms with Gasteiger partial charge in [-0.25, -0.2) is 0 Å². The molecule has 0 aromatic heterocycles.